The van der Waals surface area contributed by atoms with Crippen molar-refractivity contribution in [1.29, 1.82) is 0 Å². The highest BCUT2D eigenvalue weighted by molar-refractivity contribution is 5.86. The molecule has 0 unspecified atom stereocenters. The summed E-state index contributed by atoms with van der Waals surface area (Å²) in [5.74, 6) is 0.720. The van der Waals surface area contributed by atoms with E-state index in [-0.39, 0.29) is 6.10 Å². The molecule has 0 fully saturated rings. The average molecular weight is 187 g/mol. The first-order valence-corrected chi connectivity index (χ1v) is 4.78. The second kappa shape index (κ2) is 3.66. The van der Waals surface area contributed by atoms with E-state index >= 15 is 0 Å². The van der Waals surface area contributed by atoms with Gasteiger partial charge in [0.05, 0.1) is 6.10 Å². The average Bonchev–Trinajstić information content (AvgIpc) is 2.18. The first-order chi connectivity index (χ1) is 6.77. The second-order valence-electron chi connectivity index (χ2n) is 3.50. The third kappa shape index (κ3) is 1.69. The van der Waals surface area contributed by atoms with Gasteiger partial charge in [-0.1, -0.05) is 18.2 Å². The maximum atomic E-state index is 5.62. The van der Waals surface area contributed by atoms with E-state index in [2.05, 4.69) is 11.1 Å². The summed E-state index contributed by atoms with van der Waals surface area (Å²) in [6, 6.07) is 10.1. The van der Waals surface area contributed by atoms with E-state index in [1.807, 2.05) is 38.1 Å². The molecule has 72 valence electrons. The van der Waals surface area contributed by atoms with Crippen molar-refractivity contribution in [3.63, 3.8) is 0 Å². The lowest BCUT2D eigenvalue weighted by Crippen LogP contribution is -2.06. The first kappa shape index (κ1) is 9.00. The van der Waals surface area contributed by atoms with Crippen molar-refractivity contribution in [2.45, 2.75) is 20.0 Å². The molecule has 0 aliphatic rings. The van der Waals surface area contributed by atoms with E-state index in [1.165, 1.54) is 0 Å². The van der Waals surface area contributed by atoms with Crippen LogP contribution in [-0.4, -0.2) is 11.1 Å². The number of pyridine rings is 1. The Balaban J connectivity index is 2.53. The predicted octanol–water partition coefficient (Wildman–Crippen LogP) is 3.02. The summed E-state index contributed by atoms with van der Waals surface area (Å²) in [6.45, 7) is 4.01. The summed E-state index contributed by atoms with van der Waals surface area (Å²) in [7, 11) is 0. The molecule has 1 aromatic carbocycles. The third-order valence-electron chi connectivity index (χ3n) is 1.98. The molecule has 0 radical (unpaired) electrons. The van der Waals surface area contributed by atoms with Gasteiger partial charge in [0.1, 0.15) is 0 Å². The molecule has 0 amide bonds. The summed E-state index contributed by atoms with van der Waals surface area (Å²) in [6.07, 6.45) is 1.94. The van der Waals surface area contributed by atoms with Gasteiger partial charge in [0.2, 0.25) is 5.88 Å². The van der Waals surface area contributed by atoms with Gasteiger partial charge < -0.3 is 4.74 Å². The SMILES string of the molecule is CC(C)Oc1nccc2ccccc12. The zero-order chi connectivity index (χ0) is 9.97. The molecule has 0 N–H and O–H groups in total. The van der Waals surface area contributed by atoms with Crippen LogP contribution in [0.2, 0.25) is 0 Å². The smallest absolute Gasteiger partial charge is 0.221 e. The number of nitrogens with zero attached hydrogens (tertiary/aromatic N) is 1. The highest BCUT2D eigenvalue weighted by Gasteiger charge is 2.03. The Morgan fingerprint density at radius 2 is 1.93 bits per heavy atom. The Labute approximate surface area is 83.5 Å². The summed E-state index contributed by atoms with van der Waals surface area (Å²) < 4.78 is 5.62. The molecule has 2 heteroatoms. The van der Waals surface area contributed by atoms with Crippen LogP contribution in [0.1, 0.15) is 13.8 Å². The van der Waals surface area contributed by atoms with E-state index in [9.17, 15) is 0 Å². The molecule has 14 heavy (non-hydrogen) atoms. The highest BCUT2D eigenvalue weighted by atomic mass is 16.5. The lowest BCUT2D eigenvalue weighted by Gasteiger charge is -2.10. The van der Waals surface area contributed by atoms with Gasteiger partial charge in [0, 0.05) is 11.6 Å². The topological polar surface area (TPSA) is 22.1 Å². The van der Waals surface area contributed by atoms with Gasteiger partial charge in [-0.05, 0) is 31.4 Å². The number of rotatable bonds is 2. The van der Waals surface area contributed by atoms with Gasteiger partial charge >= 0.3 is 0 Å². The fourth-order valence-corrected chi connectivity index (χ4v) is 1.41. The van der Waals surface area contributed by atoms with Gasteiger partial charge in [-0.25, -0.2) is 4.98 Å². The van der Waals surface area contributed by atoms with Crippen LogP contribution in [-0.2, 0) is 0 Å². The van der Waals surface area contributed by atoms with Gasteiger partial charge in [-0.3, -0.25) is 0 Å². The zero-order valence-electron chi connectivity index (χ0n) is 8.40. The van der Waals surface area contributed by atoms with Gasteiger partial charge in [0.25, 0.3) is 0 Å². The molecule has 0 aliphatic heterocycles. The Morgan fingerprint density at radius 1 is 1.14 bits per heavy atom. The van der Waals surface area contributed by atoms with Gasteiger partial charge in [-0.15, -0.1) is 0 Å². The number of fused-ring (bicyclic) bond motifs is 1. The summed E-state index contributed by atoms with van der Waals surface area (Å²) in [5, 5.41) is 2.24. The van der Waals surface area contributed by atoms with Crippen molar-refractivity contribution >= 4 is 10.8 Å². The van der Waals surface area contributed by atoms with E-state index in [0.29, 0.717) is 0 Å². The minimum Gasteiger partial charge on any atom is -0.475 e. The molecule has 2 rings (SSSR count). The van der Waals surface area contributed by atoms with Gasteiger partial charge in [0.15, 0.2) is 0 Å². The quantitative estimate of drug-likeness (QED) is 0.721. The fraction of sp³-hybridized carbons (Fsp3) is 0.250. The number of hydrogen-bond acceptors (Lipinski definition) is 2. The lowest BCUT2D eigenvalue weighted by atomic mass is 10.2. The fourth-order valence-electron chi connectivity index (χ4n) is 1.41. The molecule has 0 aliphatic carbocycles. The minimum atomic E-state index is 0.160. The normalized spacial score (nSPS) is 10.8. The third-order valence-corrected chi connectivity index (χ3v) is 1.98. The van der Waals surface area contributed by atoms with Crippen molar-refractivity contribution in [2.75, 3.05) is 0 Å². The van der Waals surface area contributed by atoms with E-state index < -0.39 is 0 Å². The number of benzene rings is 1. The van der Waals surface area contributed by atoms with Crippen LogP contribution in [0.5, 0.6) is 5.88 Å². The maximum Gasteiger partial charge on any atom is 0.221 e. The molecule has 1 heterocycles. The van der Waals surface area contributed by atoms with E-state index in [1.54, 1.807) is 6.20 Å². The summed E-state index contributed by atoms with van der Waals surface area (Å²) >= 11 is 0. The van der Waals surface area contributed by atoms with Crippen LogP contribution in [0.4, 0.5) is 0 Å². The zero-order valence-corrected chi connectivity index (χ0v) is 8.40. The molecule has 1 aromatic heterocycles. The number of aromatic nitrogens is 1. The Kier molecular flexibility index (Phi) is 2.35. The maximum absolute atomic E-state index is 5.62. The summed E-state index contributed by atoms with van der Waals surface area (Å²) in [4.78, 5) is 4.22. The molecule has 0 saturated heterocycles. The lowest BCUT2D eigenvalue weighted by molar-refractivity contribution is 0.236. The molecule has 0 spiro atoms. The molecule has 2 aromatic rings. The highest BCUT2D eigenvalue weighted by Crippen LogP contribution is 2.22. The van der Waals surface area contributed by atoms with Crippen molar-refractivity contribution in [2.24, 2.45) is 0 Å². The van der Waals surface area contributed by atoms with Crippen molar-refractivity contribution in [3.8, 4) is 5.88 Å². The van der Waals surface area contributed by atoms with Crippen molar-refractivity contribution in [3.05, 3.63) is 36.5 Å². The van der Waals surface area contributed by atoms with Crippen LogP contribution in [0.15, 0.2) is 36.5 Å². The molecule has 2 nitrogen and oxygen atoms in total. The van der Waals surface area contributed by atoms with Crippen molar-refractivity contribution in [1.82, 2.24) is 4.98 Å². The van der Waals surface area contributed by atoms with Crippen LogP contribution >= 0.6 is 0 Å². The van der Waals surface area contributed by atoms with Crippen LogP contribution in [0, 0.1) is 0 Å². The van der Waals surface area contributed by atoms with Gasteiger partial charge in [-0.2, -0.15) is 0 Å². The number of ether oxygens (including phenoxy) is 1. The number of hydrogen-bond donors (Lipinski definition) is 0. The Morgan fingerprint density at radius 3 is 2.71 bits per heavy atom. The van der Waals surface area contributed by atoms with Crippen LogP contribution in [0.3, 0.4) is 0 Å². The molecule has 0 atom stereocenters. The van der Waals surface area contributed by atoms with E-state index in [4.69, 9.17) is 4.74 Å². The summed E-state index contributed by atoms with van der Waals surface area (Å²) in [5.41, 5.74) is 0. The van der Waals surface area contributed by atoms with Crippen LogP contribution < -0.4 is 4.74 Å². The monoisotopic (exact) mass is 187 g/mol. The Bertz CT molecular complexity index is 432. The molecule has 0 bridgehead atoms. The van der Waals surface area contributed by atoms with Crippen molar-refractivity contribution < 1.29 is 4.74 Å². The minimum absolute atomic E-state index is 0.160. The van der Waals surface area contributed by atoms with E-state index in [0.717, 1.165) is 16.7 Å². The second-order valence-corrected chi connectivity index (χ2v) is 3.50. The predicted molar refractivity (Wildman–Crippen MR) is 57.5 cm³/mol. The largest absolute Gasteiger partial charge is 0.475 e. The molecular formula is C12H13NO. The molecule has 0 saturated carbocycles. The molecular weight excluding hydrogens is 174 g/mol. The first-order valence-electron chi connectivity index (χ1n) is 4.78. The standard InChI is InChI=1S/C12H13NO/c1-9(2)14-12-11-6-4-3-5-10(11)7-8-13-12/h3-9H,1-2H3. The Hall–Kier alpha value is -1.57. The van der Waals surface area contributed by atoms with Crippen LogP contribution in [0.25, 0.3) is 10.8 Å².